The van der Waals surface area contributed by atoms with Crippen LogP contribution >= 0.6 is 0 Å². The quantitative estimate of drug-likeness (QED) is 0.0764. The highest BCUT2D eigenvalue weighted by Crippen LogP contribution is 2.44. The van der Waals surface area contributed by atoms with Crippen molar-refractivity contribution in [3.63, 3.8) is 0 Å². The largest absolute Gasteiger partial charge is 0.414 e. The Kier molecular flexibility index (Phi) is 16.5. The van der Waals surface area contributed by atoms with Crippen LogP contribution in [0, 0.1) is 11.8 Å². The average molecular weight is 849 g/mol. The Labute approximate surface area is 348 Å². The summed E-state index contributed by atoms with van der Waals surface area (Å²) in [6.45, 7) is 33.9. The third kappa shape index (κ3) is 12.5. The molecule has 0 aromatic heterocycles. The minimum Gasteiger partial charge on any atom is -0.414 e. The van der Waals surface area contributed by atoms with Gasteiger partial charge in [-0.3, -0.25) is 0 Å². The molecule has 0 bridgehead atoms. The summed E-state index contributed by atoms with van der Waals surface area (Å²) in [5.74, 6) is -0.348. The topological polar surface area (TPSA) is 107 Å². The average Bonchev–Trinajstić information content (AvgIpc) is 3.63. The molecule has 12 heteroatoms. The smallest absolute Gasteiger partial charge is 0.192 e. The van der Waals surface area contributed by atoms with E-state index < -0.39 is 50.7 Å². The molecule has 0 aliphatic carbocycles. The van der Waals surface area contributed by atoms with Crippen LogP contribution in [0.15, 0.2) is 59.5 Å². The third-order valence-electron chi connectivity index (χ3n) is 13.7. The predicted molar refractivity (Wildman–Crippen MR) is 234 cm³/mol. The summed E-state index contributed by atoms with van der Waals surface area (Å²) in [7, 11) is -6.37. The monoisotopic (exact) mass is 848 g/mol. The maximum atomic E-state index is 14.1. The number of hydrogen-bond donors (Lipinski definition) is 0. The summed E-state index contributed by atoms with van der Waals surface area (Å²) in [6.07, 6.45) is 4.44. The molecular formula is C45H76O9SSi2. The molecule has 1 aromatic rings. The van der Waals surface area contributed by atoms with Gasteiger partial charge in [-0.2, -0.15) is 0 Å². The number of rotatable bonds is 19. The highest BCUT2D eigenvalue weighted by molar-refractivity contribution is 7.91. The second-order valence-electron chi connectivity index (χ2n) is 20.1. The van der Waals surface area contributed by atoms with E-state index in [1.54, 1.807) is 31.4 Å². The molecule has 3 heterocycles. The van der Waals surface area contributed by atoms with Crippen molar-refractivity contribution >= 4 is 32.8 Å². The molecule has 0 radical (unpaired) electrons. The van der Waals surface area contributed by atoms with E-state index >= 15 is 0 Å². The summed E-state index contributed by atoms with van der Waals surface area (Å²) in [6, 6.07) is 8.66. The molecule has 0 saturated carbocycles. The summed E-state index contributed by atoms with van der Waals surface area (Å²) in [4.78, 5) is 11.2. The molecule has 3 aliphatic rings. The lowest BCUT2D eigenvalue weighted by molar-refractivity contribution is -0.108. The molecule has 0 amide bonds. The predicted octanol–water partition coefficient (Wildman–Crippen LogP) is 9.87. The Balaban J connectivity index is 1.60. The van der Waals surface area contributed by atoms with Gasteiger partial charge in [-0.05, 0) is 97.6 Å². The number of carbonyl (C=O) groups excluding carboxylic acids is 1. The van der Waals surface area contributed by atoms with Crippen LogP contribution in [0.25, 0.3) is 0 Å². The number of sulfone groups is 1. The van der Waals surface area contributed by atoms with Crippen molar-refractivity contribution in [2.45, 2.75) is 190 Å². The lowest BCUT2D eigenvalue weighted by Crippen LogP contribution is -2.49. The summed E-state index contributed by atoms with van der Waals surface area (Å²) in [5.41, 5.74) is 2.09. The Bertz CT molecular complexity index is 1600. The van der Waals surface area contributed by atoms with Gasteiger partial charge in [0.1, 0.15) is 6.29 Å². The minimum atomic E-state index is -3.68. The number of hydrogen-bond acceptors (Lipinski definition) is 9. The second kappa shape index (κ2) is 19.5. The molecule has 324 valence electrons. The van der Waals surface area contributed by atoms with Gasteiger partial charge < -0.3 is 32.6 Å². The number of carbonyl (C=O) groups is 1. The van der Waals surface area contributed by atoms with E-state index in [1.807, 2.05) is 6.07 Å². The van der Waals surface area contributed by atoms with Crippen molar-refractivity contribution in [2.75, 3.05) is 19.5 Å². The standard InChI is InChI=1S/C45H76O9SSi2/c1-31-25-35(22-23-39-32(2)26-34(51-39)19-18-24-46)52-40(33(31)3)28-41-38(30-55(47,48)37-20-16-15-17-21-37)43(49-10)42(53-41)27-36(54-57(13,14)45(7,8)9)29-50-56(11,12)44(4,5)6/h15-17,20-21,24,31,34-36,38-43H,2-3,18-19,22-23,25-30H2,1,4-14H3/t31-,34?,35?,36+,38?,39?,40?,41+,42?,43-/m1/s1. The van der Waals surface area contributed by atoms with Gasteiger partial charge in [0.25, 0.3) is 0 Å². The van der Waals surface area contributed by atoms with Crippen LogP contribution in [-0.4, -0.2) is 99.6 Å². The molecule has 3 aliphatic heterocycles. The van der Waals surface area contributed by atoms with E-state index in [0.29, 0.717) is 30.8 Å². The maximum Gasteiger partial charge on any atom is 0.192 e. The van der Waals surface area contributed by atoms with E-state index in [9.17, 15) is 13.2 Å². The Hall–Kier alpha value is -1.49. The summed E-state index contributed by atoms with van der Waals surface area (Å²) >= 11 is 0. The van der Waals surface area contributed by atoms with Gasteiger partial charge in [0, 0.05) is 32.3 Å². The Morgan fingerprint density at radius 2 is 1.51 bits per heavy atom. The van der Waals surface area contributed by atoms with Gasteiger partial charge in [0.15, 0.2) is 26.5 Å². The number of ether oxygens (including phenoxy) is 4. The minimum absolute atomic E-state index is 0.0160. The van der Waals surface area contributed by atoms with Gasteiger partial charge in [-0.1, -0.05) is 79.8 Å². The van der Waals surface area contributed by atoms with Crippen LogP contribution in [0.4, 0.5) is 0 Å². The van der Waals surface area contributed by atoms with Crippen molar-refractivity contribution in [3.05, 3.63) is 54.6 Å². The summed E-state index contributed by atoms with van der Waals surface area (Å²) < 4.78 is 68.5. The normalized spacial score (nSPS) is 29.9. The molecule has 1 aromatic carbocycles. The molecule has 57 heavy (non-hydrogen) atoms. The van der Waals surface area contributed by atoms with E-state index in [2.05, 4.69) is 87.8 Å². The molecule has 0 N–H and O–H groups in total. The first-order chi connectivity index (χ1) is 26.4. The number of aldehydes is 1. The van der Waals surface area contributed by atoms with Crippen LogP contribution in [-0.2, 0) is 42.4 Å². The van der Waals surface area contributed by atoms with Crippen molar-refractivity contribution < 1.29 is 41.0 Å². The van der Waals surface area contributed by atoms with Crippen LogP contribution < -0.4 is 0 Å². The first-order valence-corrected chi connectivity index (χ1v) is 28.7. The molecule has 9 nitrogen and oxygen atoms in total. The van der Waals surface area contributed by atoms with E-state index in [0.717, 1.165) is 49.5 Å². The van der Waals surface area contributed by atoms with Crippen molar-refractivity contribution in [2.24, 2.45) is 11.8 Å². The van der Waals surface area contributed by atoms with Gasteiger partial charge in [-0.15, -0.1) is 0 Å². The van der Waals surface area contributed by atoms with Crippen molar-refractivity contribution in [1.29, 1.82) is 0 Å². The first-order valence-electron chi connectivity index (χ1n) is 21.3. The zero-order chi connectivity index (χ0) is 42.6. The molecule has 3 saturated heterocycles. The van der Waals surface area contributed by atoms with Gasteiger partial charge >= 0.3 is 0 Å². The molecule has 0 spiro atoms. The molecular weight excluding hydrogens is 773 g/mol. The fourth-order valence-electron chi connectivity index (χ4n) is 8.01. The lowest BCUT2D eigenvalue weighted by Gasteiger charge is -2.42. The lowest BCUT2D eigenvalue weighted by atomic mass is 9.83. The second-order valence-corrected chi connectivity index (χ2v) is 31.7. The molecule has 4 rings (SSSR count). The van der Waals surface area contributed by atoms with Crippen LogP contribution in [0.2, 0.25) is 36.3 Å². The highest BCUT2D eigenvalue weighted by atomic mass is 32.2. The Morgan fingerprint density at radius 3 is 2.11 bits per heavy atom. The van der Waals surface area contributed by atoms with E-state index in [1.165, 1.54) is 0 Å². The summed E-state index contributed by atoms with van der Waals surface area (Å²) in [5, 5.41) is 0.0137. The SMILES string of the molecule is C=C1CC(CCC=O)OC1CCC1C[C@@H](C)C(=C)C(C[C@@H]2OC(C[C@@H](CO[Si](C)(C)C(C)(C)C)O[Si](C)(C)C(C)(C)C)[C@H](OC)C2CS(=O)(=O)c2ccccc2)O1. The zero-order valence-electron chi connectivity index (χ0n) is 37.3. The molecule has 3 fully saturated rings. The fourth-order valence-corrected chi connectivity index (χ4v) is 12.1. The highest BCUT2D eigenvalue weighted by Gasteiger charge is 2.50. The van der Waals surface area contributed by atoms with Gasteiger partial charge in [0.2, 0.25) is 0 Å². The van der Waals surface area contributed by atoms with Gasteiger partial charge in [-0.25, -0.2) is 8.42 Å². The molecule has 10 atom stereocenters. The third-order valence-corrected chi connectivity index (χ3v) is 24.6. The Morgan fingerprint density at radius 1 is 0.877 bits per heavy atom. The van der Waals surface area contributed by atoms with Crippen LogP contribution in [0.3, 0.4) is 0 Å². The number of methoxy groups -OCH3 is 1. The van der Waals surface area contributed by atoms with Gasteiger partial charge in [0.05, 0.1) is 66.1 Å². The fraction of sp³-hybridized carbons (Fsp3) is 0.756. The zero-order valence-corrected chi connectivity index (χ0v) is 40.1. The number of benzene rings is 1. The van der Waals surface area contributed by atoms with E-state index in [4.69, 9.17) is 27.8 Å². The van der Waals surface area contributed by atoms with Crippen LogP contribution in [0.5, 0.6) is 0 Å². The van der Waals surface area contributed by atoms with Crippen LogP contribution in [0.1, 0.15) is 99.8 Å². The first kappa shape index (κ1) is 48.2. The van der Waals surface area contributed by atoms with E-state index in [-0.39, 0.29) is 52.3 Å². The maximum absolute atomic E-state index is 14.1. The van der Waals surface area contributed by atoms with Crippen molar-refractivity contribution in [3.8, 4) is 0 Å². The molecule has 6 unspecified atom stereocenters. The van der Waals surface area contributed by atoms with Crippen molar-refractivity contribution in [1.82, 2.24) is 0 Å².